The summed E-state index contributed by atoms with van der Waals surface area (Å²) in [6.07, 6.45) is 5.33. The second-order valence-electron chi connectivity index (χ2n) is 8.08. The van der Waals surface area contributed by atoms with Crippen molar-refractivity contribution in [2.75, 3.05) is 6.26 Å². The van der Waals surface area contributed by atoms with E-state index in [-0.39, 0.29) is 6.10 Å². The van der Waals surface area contributed by atoms with Gasteiger partial charge in [0.05, 0.1) is 21.8 Å². The zero-order valence-corrected chi connectivity index (χ0v) is 19.1. The predicted molar refractivity (Wildman–Crippen MR) is 117 cm³/mol. The minimum Gasteiger partial charge on any atom is -0.474 e. The van der Waals surface area contributed by atoms with E-state index in [0.717, 1.165) is 10.9 Å². The molecule has 1 N–H and O–H groups in total. The number of azide groups is 1. The lowest BCUT2D eigenvalue weighted by Gasteiger charge is -2.29. The molecule has 2 rings (SSSR count). The van der Waals surface area contributed by atoms with E-state index in [1.807, 2.05) is 20.8 Å². The second kappa shape index (κ2) is 8.34. The van der Waals surface area contributed by atoms with E-state index in [0.29, 0.717) is 29.3 Å². The van der Waals surface area contributed by atoms with Crippen LogP contribution in [-0.4, -0.2) is 31.3 Å². The Morgan fingerprint density at radius 1 is 1.34 bits per heavy atom. The summed E-state index contributed by atoms with van der Waals surface area (Å²) >= 11 is 6.13. The zero-order valence-electron chi connectivity index (χ0n) is 17.6. The highest BCUT2D eigenvalue weighted by Crippen LogP contribution is 2.38. The molecule has 10 heteroatoms. The van der Waals surface area contributed by atoms with E-state index in [1.54, 1.807) is 32.3 Å². The molecular formula is C19H27ClN6O2S. The van der Waals surface area contributed by atoms with Crippen LogP contribution in [0.3, 0.4) is 0 Å². The van der Waals surface area contributed by atoms with Gasteiger partial charge >= 0.3 is 0 Å². The van der Waals surface area contributed by atoms with Gasteiger partial charge in [0, 0.05) is 39.7 Å². The number of nitrogens with zero attached hydrogens (tertiary/aromatic N) is 5. The average molecular weight is 439 g/mol. The van der Waals surface area contributed by atoms with Gasteiger partial charge in [0.2, 0.25) is 5.88 Å². The van der Waals surface area contributed by atoms with Crippen molar-refractivity contribution in [2.45, 2.75) is 63.9 Å². The van der Waals surface area contributed by atoms with Crippen molar-refractivity contribution < 1.29 is 8.95 Å². The molecule has 3 atom stereocenters. The molecule has 158 valence electrons. The lowest BCUT2D eigenvalue weighted by atomic mass is 9.88. The number of hydrogen-bond donors (Lipinski definition) is 1. The summed E-state index contributed by atoms with van der Waals surface area (Å²) in [5.41, 5.74) is 8.94. The molecule has 29 heavy (non-hydrogen) atoms. The highest BCUT2D eigenvalue weighted by atomic mass is 35.5. The summed E-state index contributed by atoms with van der Waals surface area (Å²) in [4.78, 5) is 11.6. The van der Waals surface area contributed by atoms with Crippen LogP contribution in [0, 0.1) is 4.78 Å². The number of fused-ring (bicyclic) bond motifs is 1. The van der Waals surface area contributed by atoms with Crippen molar-refractivity contribution in [3.8, 4) is 5.88 Å². The molecule has 0 aromatic carbocycles. The SMILES string of the molecule is CC[C@@](C)(N=[N+]=[N-])c1cnc(O[C@H](C)CC(C)(C)[S@@](C)(=N)=O)c2cnc(Cl)cc12. The molecule has 0 aliphatic carbocycles. The van der Waals surface area contributed by atoms with Gasteiger partial charge in [0.1, 0.15) is 5.15 Å². The van der Waals surface area contributed by atoms with E-state index < -0.39 is 20.0 Å². The Hall–Kier alpha value is -2.09. The molecule has 2 aromatic rings. The first-order chi connectivity index (χ1) is 13.3. The van der Waals surface area contributed by atoms with Crippen LogP contribution < -0.4 is 4.74 Å². The molecule has 0 saturated carbocycles. The second-order valence-corrected chi connectivity index (χ2v) is 11.3. The number of rotatable bonds is 8. The maximum Gasteiger partial charge on any atom is 0.223 e. The van der Waals surface area contributed by atoms with E-state index >= 15 is 0 Å². The van der Waals surface area contributed by atoms with Crippen molar-refractivity contribution in [1.29, 1.82) is 4.78 Å². The summed E-state index contributed by atoms with van der Waals surface area (Å²) in [5.74, 6) is 0.364. The number of pyridine rings is 2. The van der Waals surface area contributed by atoms with Crippen molar-refractivity contribution in [2.24, 2.45) is 5.11 Å². The van der Waals surface area contributed by atoms with Gasteiger partial charge in [0.15, 0.2) is 0 Å². The van der Waals surface area contributed by atoms with Crippen molar-refractivity contribution in [1.82, 2.24) is 9.97 Å². The molecule has 0 fully saturated rings. The Kier molecular flexibility index (Phi) is 6.67. The number of nitrogens with one attached hydrogen (secondary N) is 1. The molecule has 2 aromatic heterocycles. The first kappa shape index (κ1) is 23.2. The Balaban J connectivity index is 2.53. The monoisotopic (exact) mass is 438 g/mol. The third-order valence-electron chi connectivity index (χ3n) is 5.38. The van der Waals surface area contributed by atoms with Crippen LogP contribution in [-0.2, 0) is 15.3 Å². The number of ether oxygens (including phenoxy) is 1. The van der Waals surface area contributed by atoms with Gasteiger partial charge in [-0.05, 0) is 56.7 Å². The van der Waals surface area contributed by atoms with E-state index in [2.05, 4.69) is 20.0 Å². The van der Waals surface area contributed by atoms with Crippen molar-refractivity contribution in [3.05, 3.63) is 39.6 Å². The molecule has 0 radical (unpaired) electrons. The van der Waals surface area contributed by atoms with Gasteiger partial charge < -0.3 is 4.74 Å². The molecule has 0 bridgehead atoms. The normalized spacial score (nSPS) is 17.1. The van der Waals surface area contributed by atoms with Crippen LogP contribution in [0.4, 0.5) is 0 Å². The zero-order chi connectivity index (χ0) is 22.0. The highest BCUT2D eigenvalue weighted by Gasteiger charge is 2.31. The topological polar surface area (TPSA) is 125 Å². The Bertz CT molecular complexity index is 1070. The van der Waals surface area contributed by atoms with Crippen LogP contribution in [0.5, 0.6) is 5.88 Å². The third kappa shape index (κ3) is 4.91. The van der Waals surface area contributed by atoms with Gasteiger partial charge in [-0.15, -0.1) is 0 Å². The quantitative estimate of drug-likeness (QED) is 0.240. The van der Waals surface area contributed by atoms with E-state index in [9.17, 15) is 4.21 Å². The van der Waals surface area contributed by atoms with Crippen LogP contribution in [0.2, 0.25) is 5.15 Å². The minimum atomic E-state index is -2.75. The highest BCUT2D eigenvalue weighted by molar-refractivity contribution is 7.93. The van der Waals surface area contributed by atoms with Crippen molar-refractivity contribution >= 4 is 32.1 Å². The fourth-order valence-corrected chi connectivity index (χ4v) is 3.82. The summed E-state index contributed by atoms with van der Waals surface area (Å²) < 4.78 is 25.5. The molecule has 0 amide bonds. The molecule has 8 nitrogen and oxygen atoms in total. The molecule has 0 unspecified atom stereocenters. The Labute approximate surface area is 176 Å². The van der Waals surface area contributed by atoms with Gasteiger partial charge in [-0.3, -0.25) is 4.78 Å². The Morgan fingerprint density at radius 2 is 2.00 bits per heavy atom. The molecule has 2 heterocycles. The summed E-state index contributed by atoms with van der Waals surface area (Å²) in [5, 5.41) is 5.68. The number of hydrogen-bond acceptors (Lipinski definition) is 6. The molecule has 0 aliphatic rings. The largest absolute Gasteiger partial charge is 0.474 e. The summed E-state index contributed by atoms with van der Waals surface area (Å²) in [6, 6.07) is 1.71. The van der Waals surface area contributed by atoms with Gasteiger partial charge in [0.25, 0.3) is 0 Å². The first-order valence-electron chi connectivity index (χ1n) is 9.25. The molecule has 0 spiro atoms. The van der Waals surface area contributed by atoms with Crippen molar-refractivity contribution in [3.63, 3.8) is 0 Å². The lowest BCUT2D eigenvalue weighted by molar-refractivity contribution is 0.193. The average Bonchev–Trinajstić information content (AvgIpc) is 2.60. The number of aromatic nitrogens is 2. The maximum absolute atomic E-state index is 12.2. The fourth-order valence-electron chi connectivity index (χ4n) is 3.11. The predicted octanol–water partition coefficient (Wildman–Crippen LogP) is 5.83. The van der Waals surface area contributed by atoms with E-state index in [4.69, 9.17) is 26.6 Å². The van der Waals surface area contributed by atoms with Crippen LogP contribution in [0.15, 0.2) is 23.6 Å². The van der Waals surface area contributed by atoms with Gasteiger partial charge in [-0.1, -0.05) is 23.6 Å². The standard InChI is InChI=1S/C19H27ClN6O2S/c1-7-19(5,25-26-21)15-11-24-17(14-10-23-16(20)8-13(14)15)28-12(2)9-18(3,4)29(6,22)27/h8,10-12,22H,7,9H2,1-6H3/t12-,19-,29+/m1/s1. The van der Waals surface area contributed by atoms with E-state index in [1.165, 1.54) is 6.26 Å². The molecule has 0 saturated heterocycles. The van der Waals surface area contributed by atoms with Crippen LogP contribution in [0.1, 0.15) is 53.0 Å². The Morgan fingerprint density at radius 3 is 2.55 bits per heavy atom. The molecule has 0 aliphatic heterocycles. The maximum atomic E-state index is 12.2. The minimum absolute atomic E-state index is 0.310. The summed E-state index contributed by atoms with van der Waals surface area (Å²) in [7, 11) is -2.75. The smallest absolute Gasteiger partial charge is 0.223 e. The molecular weight excluding hydrogens is 412 g/mol. The number of halogens is 1. The van der Waals surface area contributed by atoms with Crippen LogP contribution >= 0.6 is 11.6 Å². The lowest BCUT2D eigenvalue weighted by Crippen LogP contribution is -2.35. The van der Waals surface area contributed by atoms with Gasteiger partial charge in [-0.25, -0.2) is 14.2 Å². The van der Waals surface area contributed by atoms with Crippen LogP contribution in [0.25, 0.3) is 21.2 Å². The fraction of sp³-hybridized carbons (Fsp3) is 0.579. The third-order valence-corrected chi connectivity index (χ3v) is 7.86. The summed E-state index contributed by atoms with van der Waals surface area (Å²) in [6.45, 7) is 9.22. The first-order valence-corrected chi connectivity index (χ1v) is 11.6. The van der Waals surface area contributed by atoms with Gasteiger partial charge in [-0.2, -0.15) is 0 Å².